The molecule has 282 valence electrons. The van der Waals surface area contributed by atoms with E-state index in [9.17, 15) is 5.11 Å². The van der Waals surface area contributed by atoms with E-state index in [1.54, 1.807) is 0 Å². The van der Waals surface area contributed by atoms with Crippen molar-refractivity contribution in [3.8, 4) is 0 Å². The van der Waals surface area contributed by atoms with Gasteiger partial charge in [-0.15, -0.1) is 0 Å². The van der Waals surface area contributed by atoms with Gasteiger partial charge in [-0.2, -0.15) is 0 Å². The molecule has 2 aliphatic rings. The molecule has 5 aromatic carbocycles. The summed E-state index contributed by atoms with van der Waals surface area (Å²) in [4.78, 5) is 0. The van der Waals surface area contributed by atoms with Crippen LogP contribution in [0.2, 0.25) is 0 Å². The van der Waals surface area contributed by atoms with Crippen molar-refractivity contribution in [3.63, 3.8) is 0 Å². The smallest absolute Gasteiger partial charge is 0.187 e. The first-order valence-electron chi connectivity index (χ1n) is 18.5. The van der Waals surface area contributed by atoms with Crippen LogP contribution in [0, 0.1) is 0 Å². The normalized spacial score (nSPS) is 25.6. The lowest BCUT2D eigenvalue weighted by Crippen LogP contribution is -2.62. The average Bonchev–Trinajstić information content (AvgIpc) is 3.23. The molecule has 0 aliphatic carbocycles. The summed E-state index contributed by atoms with van der Waals surface area (Å²) in [6.45, 7) is 1.79. The molecule has 2 heterocycles. The van der Waals surface area contributed by atoms with Crippen LogP contribution in [0.4, 0.5) is 0 Å². The molecule has 7 rings (SSSR count). The second-order valence-corrected chi connectivity index (χ2v) is 13.5. The predicted molar refractivity (Wildman–Crippen MR) is 202 cm³/mol. The molecule has 2 saturated heterocycles. The molecule has 9 nitrogen and oxygen atoms in total. The van der Waals surface area contributed by atoms with Crippen LogP contribution < -0.4 is 0 Å². The summed E-state index contributed by atoms with van der Waals surface area (Å²) < 4.78 is 52.2. The van der Waals surface area contributed by atoms with E-state index < -0.39 is 49.2 Å². The fraction of sp³-hybridized carbons (Fsp3) is 0.333. The molecule has 0 radical (unpaired) electrons. The van der Waals surface area contributed by atoms with Crippen molar-refractivity contribution in [1.82, 2.24) is 0 Å². The Morgan fingerprint density at radius 3 is 1.15 bits per heavy atom. The zero-order valence-corrected chi connectivity index (χ0v) is 30.2. The van der Waals surface area contributed by atoms with Crippen LogP contribution in [-0.4, -0.2) is 67.5 Å². The lowest BCUT2D eigenvalue weighted by molar-refractivity contribution is -0.350. The molecule has 0 unspecified atom stereocenters. The van der Waals surface area contributed by atoms with Crippen LogP contribution in [0.3, 0.4) is 0 Å². The van der Waals surface area contributed by atoms with E-state index in [1.165, 1.54) is 0 Å². The molecule has 9 heteroatoms. The fourth-order valence-corrected chi connectivity index (χ4v) is 6.63. The molecule has 1 N–H and O–H groups in total. The van der Waals surface area contributed by atoms with Crippen LogP contribution in [-0.2, 0) is 70.9 Å². The standard InChI is InChI=1S/C45H48O9/c46-44-42(50-29-36-22-12-4-13-23-36)41(39(31-52-44)48-27-34-18-8-2-9-19-34)54-45-43(51-30-37-24-14-5-15-25-37)40(49-28-35-20-10-3-11-21-35)38(32-53-45)47-26-33-16-6-1-7-17-33/h1-25,38-46H,26-32H2/t38-,39+,40-,41-,42+,43+,44-,45-/m0/s1. The first-order chi connectivity index (χ1) is 26.7. The summed E-state index contributed by atoms with van der Waals surface area (Å²) in [5.74, 6) is 0. The van der Waals surface area contributed by atoms with E-state index in [1.807, 2.05) is 152 Å². The Balaban J connectivity index is 1.17. The first kappa shape index (κ1) is 38.0. The lowest BCUT2D eigenvalue weighted by atomic mass is 10.0. The number of hydrogen-bond acceptors (Lipinski definition) is 9. The summed E-state index contributed by atoms with van der Waals surface area (Å²) in [5.41, 5.74) is 4.98. The van der Waals surface area contributed by atoms with Gasteiger partial charge in [-0.25, -0.2) is 0 Å². The van der Waals surface area contributed by atoms with Crippen LogP contribution in [0.25, 0.3) is 0 Å². The Hall–Kier alpha value is -4.26. The molecule has 0 spiro atoms. The Labute approximate surface area is 317 Å². The Kier molecular flexibility index (Phi) is 14.0. The van der Waals surface area contributed by atoms with Gasteiger partial charge >= 0.3 is 0 Å². The van der Waals surface area contributed by atoms with Crippen molar-refractivity contribution in [3.05, 3.63) is 179 Å². The number of ether oxygens (including phenoxy) is 8. The minimum absolute atomic E-state index is 0.0862. The SMILES string of the molecule is O[C@H]1OC[C@@H](OCc2ccccc2)[C@H](O[C@@H]2OC[C@H](OCc3ccccc3)[C@H](OCc3ccccc3)[C@H]2OCc2ccccc2)[C@H]1OCc1ccccc1. The summed E-state index contributed by atoms with van der Waals surface area (Å²) in [7, 11) is 0. The Bertz CT molecular complexity index is 1760. The van der Waals surface area contributed by atoms with Crippen molar-refractivity contribution < 1.29 is 43.0 Å². The predicted octanol–water partition coefficient (Wildman–Crippen LogP) is 7.00. The second-order valence-electron chi connectivity index (χ2n) is 13.5. The Morgan fingerprint density at radius 1 is 0.389 bits per heavy atom. The van der Waals surface area contributed by atoms with Gasteiger partial charge in [0.1, 0.15) is 36.6 Å². The maximum atomic E-state index is 11.3. The van der Waals surface area contributed by atoms with Gasteiger partial charge in [-0.1, -0.05) is 152 Å². The van der Waals surface area contributed by atoms with Gasteiger partial charge in [0.2, 0.25) is 0 Å². The van der Waals surface area contributed by atoms with Gasteiger partial charge in [0, 0.05) is 0 Å². The monoisotopic (exact) mass is 732 g/mol. The molecule has 5 aromatic rings. The summed E-state index contributed by atoms with van der Waals surface area (Å²) in [5, 5.41) is 11.3. The molecule has 0 bridgehead atoms. The topological polar surface area (TPSA) is 94.1 Å². The van der Waals surface area contributed by atoms with E-state index in [2.05, 4.69) is 0 Å². The number of hydrogen-bond donors (Lipinski definition) is 1. The van der Waals surface area contributed by atoms with E-state index >= 15 is 0 Å². The number of rotatable bonds is 17. The maximum Gasteiger partial charge on any atom is 0.187 e. The molecule has 0 aromatic heterocycles. The highest BCUT2D eigenvalue weighted by Gasteiger charge is 2.49. The molecular weight excluding hydrogens is 684 g/mol. The summed E-state index contributed by atoms with van der Waals surface area (Å²) in [6.07, 6.45) is -6.34. The minimum Gasteiger partial charge on any atom is -0.368 e. The van der Waals surface area contributed by atoms with Gasteiger partial charge in [0.25, 0.3) is 0 Å². The third-order valence-corrected chi connectivity index (χ3v) is 9.55. The molecule has 0 amide bonds. The zero-order chi connectivity index (χ0) is 36.8. The summed E-state index contributed by atoms with van der Waals surface area (Å²) >= 11 is 0. The summed E-state index contributed by atoms with van der Waals surface area (Å²) in [6, 6.07) is 49.7. The zero-order valence-electron chi connectivity index (χ0n) is 30.2. The second kappa shape index (κ2) is 19.9. The molecule has 0 saturated carbocycles. The van der Waals surface area contributed by atoms with Gasteiger partial charge < -0.3 is 43.0 Å². The van der Waals surface area contributed by atoms with Gasteiger partial charge in [0.05, 0.1) is 46.2 Å². The highest BCUT2D eigenvalue weighted by molar-refractivity contribution is 5.17. The van der Waals surface area contributed by atoms with Crippen LogP contribution in [0.1, 0.15) is 27.8 Å². The molecule has 54 heavy (non-hydrogen) atoms. The van der Waals surface area contributed by atoms with Gasteiger partial charge in [-0.3, -0.25) is 0 Å². The van der Waals surface area contributed by atoms with Gasteiger partial charge in [-0.05, 0) is 27.8 Å². The first-order valence-corrected chi connectivity index (χ1v) is 18.5. The van der Waals surface area contributed by atoms with E-state index in [0.29, 0.717) is 19.8 Å². The lowest BCUT2D eigenvalue weighted by Gasteiger charge is -2.46. The van der Waals surface area contributed by atoms with Crippen LogP contribution >= 0.6 is 0 Å². The highest BCUT2D eigenvalue weighted by Crippen LogP contribution is 2.32. The van der Waals surface area contributed by atoms with E-state index in [-0.39, 0.29) is 26.4 Å². The third-order valence-electron chi connectivity index (χ3n) is 9.55. The van der Waals surface area contributed by atoms with E-state index in [4.69, 9.17) is 37.9 Å². The number of aliphatic hydroxyl groups excluding tert-OH is 1. The molecule has 8 atom stereocenters. The Morgan fingerprint density at radius 2 is 0.722 bits per heavy atom. The quantitative estimate of drug-likeness (QED) is 0.109. The minimum atomic E-state index is -1.27. The largest absolute Gasteiger partial charge is 0.368 e. The van der Waals surface area contributed by atoms with Crippen molar-refractivity contribution in [2.75, 3.05) is 13.2 Å². The third kappa shape index (κ3) is 10.7. The van der Waals surface area contributed by atoms with Crippen molar-refractivity contribution in [2.24, 2.45) is 0 Å². The maximum absolute atomic E-state index is 11.3. The van der Waals surface area contributed by atoms with Crippen molar-refractivity contribution in [2.45, 2.75) is 82.2 Å². The fourth-order valence-electron chi connectivity index (χ4n) is 6.63. The van der Waals surface area contributed by atoms with Crippen LogP contribution in [0.15, 0.2) is 152 Å². The van der Waals surface area contributed by atoms with Crippen molar-refractivity contribution >= 4 is 0 Å². The molecule has 2 fully saturated rings. The average molecular weight is 733 g/mol. The molecular formula is C45H48O9. The molecule has 2 aliphatic heterocycles. The highest BCUT2D eigenvalue weighted by atomic mass is 16.7. The van der Waals surface area contributed by atoms with Gasteiger partial charge in [0.15, 0.2) is 12.6 Å². The number of benzene rings is 5. The van der Waals surface area contributed by atoms with E-state index in [0.717, 1.165) is 27.8 Å². The van der Waals surface area contributed by atoms with Crippen LogP contribution in [0.5, 0.6) is 0 Å². The van der Waals surface area contributed by atoms with Crippen molar-refractivity contribution in [1.29, 1.82) is 0 Å². The number of aliphatic hydroxyl groups is 1.